The minimum absolute atomic E-state index is 0.178. The molecule has 1 amide bonds. The van der Waals surface area contributed by atoms with Crippen LogP contribution in [0.15, 0.2) is 6.20 Å². The van der Waals surface area contributed by atoms with Crippen molar-refractivity contribution in [1.82, 2.24) is 9.78 Å². The number of hydrogen-bond acceptors (Lipinski definition) is 2. The minimum Gasteiger partial charge on any atom is -0.365 e. The Morgan fingerprint density at radius 3 is 2.70 bits per heavy atom. The quantitative estimate of drug-likeness (QED) is 0.584. The van der Waals surface area contributed by atoms with Gasteiger partial charge in [0.25, 0.3) is 5.91 Å². The summed E-state index contributed by atoms with van der Waals surface area (Å²) in [5.41, 5.74) is 4.62. The van der Waals surface area contributed by atoms with Crippen LogP contribution < -0.4 is 5.73 Å². The fraction of sp³-hybridized carbons (Fsp3) is 0.200. The molecule has 0 spiro atoms. The van der Waals surface area contributed by atoms with E-state index >= 15 is 0 Å². The minimum atomic E-state index is -0.800. The Bertz CT molecular complexity index is 268. The van der Waals surface area contributed by atoms with Crippen LogP contribution in [0.1, 0.15) is 10.4 Å². The molecule has 54 valence electrons. The highest BCUT2D eigenvalue weighted by Gasteiger charge is 2.11. The van der Waals surface area contributed by atoms with E-state index in [2.05, 4.69) is 5.10 Å². The summed E-state index contributed by atoms with van der Waals surface area (Å²) in [5.74, 6) is -1.50. The second-order valence-corrected chi connectivity index (χ2v) is 1.84. The predicted molar refractivity (Wildman–Crippen MR) is 31.7 cm³/mol. The molecule has 4 nitrogen and oxygen atoms in total. The van der Waals surface area contributed by atoms with E-state index < -0.39 is 11.9 Å². The van der Waals surface area contributed by atoms with Crippen molar-refractivity contribution in [2.45, 2.75) is 0 Å². The van der Waals surface area contributed by atoms with Gasteiger partial charge in [-0.1, -0.05) is 0 Å². The maximum absolute atomic E-state index is 12.6. The van der Waals surface area contributed by atoms with Gasteiger partial charge in [0.1, 0.15) is 5.56 Å². The molecule has 0 saturated heterocycles. The summed E-state index contributed by atoms with van der Waals surface area (Å²) in [6.07, 6.45) is 1.09. The molecule has 0 radical (unpaired) electrons. The molecule has 0 atom stereocenters. The summed E-state index contributed by atoms with van der Waals surface area (Å²) >= 11 is 0. The lowest BCUT2D eigenvalue weighted by Crippen LogP contribution is -2.12. The van der Waals surface area contributed by atoms with Crippen molar-refractivity contribution >= 4 is 5.91 Å². The van der Waals surface area contributed by atoms with Gasteiger partial charge in [-0.3, -0.25) is 4.79 Å². The summed E-state index contributed by atoms with van der Waals surface area (Å²) in [6.45, 7) is 0. The first kappa shape index (κ1) is 6.73. The van der Waals surface area contributed by atoms with E-state index in [9.17, 15) is 9.18 Å². The molecule has 0 bridgehead atoms. The van der Waals surface area contributed by atoms with Gasteiger partial charge in [-0.05, 0) is 0 Å². The predicted octanol–water partition coefficient (Wildman–Crippen LogP) is -0.342. The Morgan fingerprint density at radius 1 is 1.90 bits per heavy atom. The molecule has 0 saturated carbocycles. The van der Waals surface area contributed by atoms with Gasteiger partial charge < -0.3 is 5.73 Å². The number of aromatic nitrogens is 2. The zero-order chi connectivity index (χ0) is 7.72. The van der Waals surface area contributed by atoms with E-state index in [4.69, 9.17) is 5.73 Å². The van der Waals surface area contributed by atoms with Gasteiger partial charge in [0.2, 0.25) is 5.95 Å². The summed E-state index contributed by atoms with van der Waals surface area (Å²) in [6, 6.07) is 0. The highest BCUT2D eigenvalue weighted by atomic mass is 19.1. The fourth-order valence-electron chi connectivity index (χ4n) is 0.588. The zero-order valence-electron chi connectivity index (χ0n) is 5.34. The number of halogens is 1. The van der Waals surface area contributed by atoms with E-state index in [1.54, 1.807) is 0 Å². The van der Waals surface area contributed by atoms with E-state index in [1.807, 2.05) is 0 Å². The number of aryl methyl sites for hydroxylation is 1. The SMILES string of the molecule is Cn1ncc(C(N)=O)c1F. The molecule has 0 aliphatic rings. The molecule has 0 unspecified atom stereocenters. The first-order chi connectivity index (χ1) is 4.63. The third kappa shape index (κ3) is 0.854. The standard InChI is InChI=1S/C5H6FN3O/c1-9-4(6)3(2-8-9)5(7)10/h2H,1H3,(H2,7,10). The van der Waals surface area contributed by atoms with Crippen molar-refractivity contribution in [3.63, 3.8) is 0 Å². The number of primary amides is 1. The van der Waals surface area contributed by atoms with E-state index in [1.165, 1.54) is 7.05 Å². The van der Waals surface area contributed by atoms with E-state index in [0.717, 1.165) is 10.9 Å². The molecule has 2 N–H and O–H groups in total. The first-order valence-electron chi connectivity index (χ1n) is 2.60. The third-order valence-corrected chi connectivity index (χ3v) is 1.13. The fourth-order valence-corrected chi connectivity index (χ4v) is 0.588. The van der Waals surface area contributed by atoms with Crippen LogP contribution in [0, 0.1) is 5.95 Å². The third-order valence-electron chi connectivity index (χ3n) is 1.13. The van der Waals surface area contributed by atoms with Gasteiger partial charge in [0.05, 0.1) is 6.20 Å². The number of nitrogens with two attached hydrogens (primary N) is 1. The van der Waals surface area contributed by atoms with Gasteiger partial charge in [0.15, 0.2) is 0 Å². The molecule has 5 heteroatoms. The topological polar surface area (TPSA) is 60.9 Å². The molecule has 0 aliphatic carbocycles. The van der Waals surface area contributed by atoms with Crippen molar-refractivity contribution in [2.24, 2.45) is 12.8 Å². The molecule has 0 fully saturated rings. The van der Waals surface area contributed by atoms with Crippen molar-refractivity contribution in [2.75, 3.05) is 0 Å². The maximum Gasteiger partial charge on any atom is 0.254 e. The van der Waals surface area contributed by atoms with Crippen LogP contribution in [0.25, 0.3) is 0 Å². The summed E-state index contributed by atoms with van der Waals surface area (Å²) < 4.78 is 13.6. The monoisotopic (exact) mass is 143 g/mol. The van der Waals surface area contributed by atoms with Crippen molar-refractivity contribution < 1.29 is 9.18 Å². The highest BCUT2D eigenvalue weighted by molar-refractivity contribution is 5.92. The highest BCUT2D eigenvalue weighted by Crippen LogP contribution is 2.02. The molecule has 1 rings (SSSR count). The number of rotatable bonds is 1. The molecular formula is C5H6FN3O. The van der Waals surface area contributed by atoms with Crippen LogP contribution >= 0.6 is 0 Å². The lowest BCUT2D eigenvalue weighted by Gasteiger charge is -1.88. The van der Waals surface area contributed by atoms with Crippen LogP contribution in [0.2, 0.25) is 0 Å². The molecule has 0 aliphatic heterocycles. The largest absolute Gasteiger partial charge is 0.365 e. The summed E-state index contributed by atoms with van der Waals surface area (Å²) in [7, 11) is 1.39. The number of hydrogen-bond donors (Lipinski definition) is 1. The van der Waals surface area contributed by atoms with E-state index in [0.29, 0.717) is 0 Å². The molecule has 10 heavy (non-hydrogen) atoms. The smallest absolute Gasteiger partial charge is 0.254 e. The van der Waals surface area contributed by atoms with Gasteiger partial charge in [0, 0.05) is 7.05 Å². The van der Waals surface area contributed by atoms with Gasteiger partial charge >= 0.3 is 0 Å². The molecular weight excluding hydrogens is 137 g/mol. The van der Waals surface area contributed by atoms with Crippen LogP contribution in [0.3, 0.4) is 0 Å². The Balaban J connectivity index is 3.17. The second-order valence-electron chi connectivity index (χ2n) is 1.84. The van der Waals surface area contributed by atoms with Crippen molar-refractivity contribution in [3.8, 4) is 0 Å². The Labute approximate surface area is 56.4 Å². The molecule has 1 aromatic heterocycles. The lowest BCUT2D eigenvalue weighted by atomic mass is 10.3. The van der Waals surface area contributed by atoms with Crippen LogP contribution in [-0.4, -0.2) is 15.7 Å². The van der Waals surface area contributed by atoms with Gasteiger partial charge in [-0.25, -0.2) is 4.68 Å². The molecule has 1 aromatic rings. The average molecular weight is 143 g/mol. The zero-order valence-corrected chi connectivity index (χ0v) is 5.34. The normalized spacial score (nSPS) is 9.80. The lowest BCUT2D eigenvalue weighted by molar-refractivity contribution is 0.0996. The maximum atomic E-state index is 12.6. The summed E-state index contributed by atoms with van der Waals surface area (Å²) in [5, 5.41) is 3.48. The van der Waals surface area contributed by atoms with Crippen molar-refractivity contribution in [3.05, 3.63) is 17.7 Å². The van der Waals surface area contributed by atoms with E-state index in [-0.39, 0.29) is 5.56 Å². The molecule has 0 aromatic carbocycles. The van der Waals surface area contributed by atoms with Crippen LogP contribution in [0.5, 0.6) is 0 Å². The van der Waals surface area contributed by atoms with Crippen LogP contribution in [0.4, 0.5) is 4.39 Å². The average Bonchev–Trinajstić information content (AvgIpc) is 2.14. The van der Waals surface area contributed by atoms with Crippen LogP contribution in [-0.2, 0) is 7.05 Å². The van der Waals surface area contributed by atoms with Crippen molar-refractivity contribution in [1.29, 1.82) is 0 Å². The summed E-state index contributed by atoms with van der Waals surface area (Å²) in [4.78, 5) is 10.4. The number of amides is 1. The van der Waals surface area contributed by atoms with Gasteiger partial charge in [-0.2, -0.15) is 9.49 Å². The molecule has 1 heterocycles. The Hall–Kier alpha value is -1.39. The number of carbonyl (C=O) groups excluding carboxylic acids is 1. The Kier molecular flexibility index (Phi) is 1.41. The Morgan fingerprint density at radius 2 is 2.50 bits per heavy atom. The second kappa shape index (κ2) is 2.09. The number of nitrogens with zero attached hydrogens (tertiary/aromatic N) is 2. The van der Waals surface area contributed by atoms with Gasteiger partial charge in [-0.15, -0.1) is 0 Å². The first-order valence-corrected chi connectivity index (χ1v) is 2.60. The number of carbonyl (C=O) groups is 1.